The van der Waals surface area contributed by atoms with E-state index in [1.807, 2.05) is 6.07 Å². The van der Waals surface area contributed by atoms with E-state index in [4.69, 9.17) is 5.73 Å². The smallest absolute Gasteiger partial charge is 0.268 e. The largest absolute Gasteiger partial charge is 0.399 e. The normalized spacial score (nSPS) is 16.1. The minimum absolute atomic E-state index is 0.151. The molecule has 0 aliphatic carbocycles. The molecule has 1 aliphatic heterocycles. The Morgan fingerprint density at radius 1 is 0.946 bits per heavy atom. The van der Waals surface area contributed by atoms with Crippen LogP contribution in [0.4, 0.5) is 5.69 Å². The van der Waals surface area contributed by atoms with Crippen molar-refractivity contribution in [2.75, 3.05) is 18.8 Å². The molecule has 0 bridgehead atoms. The van der Waals surface area contributed by atoms with Gasteiger partial charge < -0.3 is 5.73 Å². The minimum atomic E-state index is -3.95. The first-order valence-electron chi connectivity index (χ1n) is 12.9. The van der Waals surface area contributed by atoms with Crippen molar-refractivity contribution in [1.82, 2.24) is 8.87 Å². The van der Waals surface area contributed by atoms with Crippen LogP contribution in [0, 0.1) is 5.92 Å². The van der Waals surface area contributed by atoms with Crippen molar-refractivity contribution in [3.05, 3.63) is 96.2 Å². The lowest BCUT2D eigenvalue weighted by molar-refractivity contribution is 0.0947. The Labute approximate surface area is 218 Å². The van der Waals surface area contributed by atoms with Gasteiger partial charge in [-0.25, -0.2) is 12.4 Å². The van der Waals surface area contributed by atoms with Crippen molar-refractivity contribution in [3.63, 3.8) is 0 Å². The van der Waals surface area contributed by atoms with Gasteiger partial charge in [-0.05, 0) is 87.2 Å². The summed E-state index contributed by atoms with van der Waals surface area (Å²) in [5.41, 5.74) is 8.46. The number of fused-ring (bicyclic) bond motifs is 1. The number of carbonyl (C=O) groups excluding carboxylic acids is 1. The first-order valence-corrected chi connectivity index (χ1v) is 14.3. The van der Waals surface area contributed by atoms with Crippen LogP contribution >= 0.6 is 0 Å². The van der Waals surface area contributed by atoms with E-state index in [-0.39, 0.29) is 16.4 Å². The van der Waals surface area contributed by atoms with Crippen LogP contribution in [0.25, 0.3) is 10.9 Å². The average molecular weight is 516 g/mol. The zero-order valence-corrected chi connectivity index (χ0v) is 21.9. The highest BCUT2D eigenvalue weighted by Gasteiger charge is 2.28. The maximum Gasteiger partial charge on any atom is 0.268 e. The highest BCUT2D eigenvalue weighted by molar-refractivity contribution is 7.90. The van der Waals surface area contributed by atoms with Gasteiger partial charge in [-0.3, -0.25) is 9.69 Å². The summed E-state index contributed by atoms with van der Waals surface area (Å²) in [7, 11) is -3.95. The molecule has 0 spiro atoms. The number of nitrogens with zero attached hydrogens (tertiary/aromatic N) is 2. The van der Waals surface area contributed by atoms with E-state index in [2.05, 4.69) is 36.1 Å². The standard InChI is InChI=1S/C30H33N3O3S/c1-22(24-8-4-2-5-9-24)32-18-16-23(17-19-32)12-15-30(34)29-21-25-20-26(31)13-14-28(25)33(29)37(35,36)27-10-6-3-7-11-27/h2-11,13-14,20-23H,12,15-19,31H2,1H3. The molecule has 2 heterocycles. The predicted octanol–water partition coefficient (Wildman–Crippen LogP) is 5.90. The number of aromatic nitrogens is 1. The maximum absolute atomic E-state index is 13.6. The Kier molecular flexibility index (Phi) is 7.17. The molecule has 1 aliphatic rings. The van der Waals surface area contributed by atoms with Crippen molar-refractivity contribution >= 4 is 32.4 Å². The molecule has 1 aromatic heterocycles. The number of nitrogen functional groups attached to an aromatic ring is 1. The second kappa shape index (κ2) is 10.5. The number of likely N-dealkylation sites (tertiary alicyclic amines) is 1. The van der Waals surface area contributed by atoms with E-state index in [0.717, 1.165) is 32.4 Å². The number of hydrogen-bond acceptors (Lipinski definition) is 5. The first kappa shape index (κ1) is 25.2. The summed E-state index contributed by atoms with van der Waals surface area (Å²) in [4.78, 5) is 16.1. The maximum atomic E-state index is 13.6. The van der Waals surface area contributed by atoms with E-state index in [9.17, 15) is 13.2 Å². The van der Waals surface area contributed by atoms with Crippen LogP contribution in [-0.4, -0.2) is 36.2 Å². The fraction of sp³-hybridized carbons (Fsp3) is 0.300. The number of piperidine rings is 1. The lowest BCUT2D eigenvalue weighted by Gasteiger charge is -2.36. The third-order valence-corrected chi connectivity index (χ3v) is 9.35. The second-order valence-electron chi connectivity index (χ2n) is 9.96. The molecule has 2 N–H and O–H groups in total. The number of carbonyl (C=O) groups is 1. The Hall–Kier alpha value is -3.42. The molecule has 5 rings (SSSR count). The van der Waals surface area contributed by atoms with Crippen LogP contribution in [0.5, 0.6) is 0 Å². The summed E-state index contributed by atoms with van der Waals surface area (Å²) in [5.74, 6) is 0.289. The first-order chi connectivity index (χ1) is 17.8. The topological polar surface area (TPSA) is 85.4 Å². The average Bonchev–Trinajstić information content (AvgIpc) is 3.32. The molecule has 0 saturated carbocycles. The Bertz CT molecular complexity index is 1490. The quantitative estimate of drug-likeness (QED) is 0.233. The van der Waals surface area contributed by atoms with Crippen LogP contribution in [0.15, 0.2) is 89.8 Å². The fourth-order valence-electron chi connectivity index (χ4n) is 5.39. The molecule has 192 valence electrons. The fourth-order valence-corrected chi connectivity index (χ4v) is 6.94. The SMILES string of the molecule is CC(c1ccccc1)N1CCC(CCC(=O)c2cc3cc(N)ccc3n2S(=O)(=O)c2ccccc2)CC1. The number of nitrogens with two attached hydrogens (primary N) is 1. The number of rotatable bonds is 8. The molecule has 37 heavy (non-hydrogen) atoms. The van der Waals surface area contributed by atoms with Crippen molar-refractivity contribution < 1.29 is 13.2 Å². The molecule has 1 fully saturated rings. The lowest BCUT2D eigenvalue weighted by atomic mass is 9.90. The van der Waals surface area contributed by atoms with E-state index in [0.29, 0.717) is 35.0 Å². The Morgan fingerprint density at radius 2 is 1.59 bits per heavy atom. The van der Waals surface area contributed by atoms with Crippen molar-refractivity contribution in [2.45, 2.75) is 43.5 Å². The van der Waals surface area contributed by atoms with Crippen LogP contribution in [-0.2, 0) is 10.0 Å². The summed E-state index contributed by atoms with van der Waals surface area (Å²) in [6.07, 6.45) is 3.13. The van der Waals surface area contributed by atoms with Gasteiger partial charge in [0.15, 0.2) is 5.78 Å². The molecule has 0 amide bonds. The molecular formula is C30H33N3O3S. The van der Waals surface area contributed by atoms with Gasteiger partial charge in [-0.1, -0.05) is 48.5 Å². The van der Waals surface area contributed by atoms with Crippen LogP contribution in [0.1, 0.15) is 54.7 Å². The molecule has 3 aromatic carbocycles. The second-order valence-corrected chi connectivity index (χ2v) is 11.7. The van der Waals surface area contributed by atoms with Gasteiger partial charge >= 0.3 is 0 Å². The lowest BCUT2D eigenvalue weighted by Crippen LogP contribution is -2.35. The number of ketones is 1. The van der Waals surface area contributed by atoms with Gasteiger partial charge in [0.1, 0.15) is 5.69 Å². The van der Waals surface area contributed by atoms with Gasteiger partial charge in [0.2, 0.25) is 0 Å². The van der Waals surface area contributed by atoms with E-state index >= 15 is 0 Å². The van der Waals surface area contributed by atoms with Crippen molar-refractivity contribution in [2.24, 2.45) is 5.92 Å². The molecule has 1 saturated heterocycles. The van der Waals surface area contributed by atoms with Gasteiger partial charge in [-0.2, -0.15) is 0 Å². The molecule has 1 unspecified atom stereocenters. The molecule has 7 heteroatoms. The highest BCUT2D eigenvalue weighted by atomic mass is 32.2. The summed E-state index contributed by atoms with van der Waals surface area (Å²) < 4.78 is 28.4. The summed E-state index contributed by atoms with van der Waals surface area (Å²) >= 11 is 0. The highest BCUT2D eigenvalue weighted by Crippen LogP contribution is 2.31. The molecule has 1 atom stereocenters. The summed E-state index contributed by atoms with van der Waals surface area (Å²) in [6.45, 7) is 4.24. The summed E-state index contributed by atoms with van der Waals surface area (Å²) in [5, 5.41) is 0.645. The Morgan fingerprint density at radius 3 is 2.27 bits per heavy atom. The third kappa shape index (κ3) is 5.20. The van der Waals surface area contributed by atoms with Crippen LogP contribution in [0.3, 0.4) is 0 Å². The van der Waals surface area contributed by atoms with Crippen molar-refractivity contribution in [1.29, 1.82) is 0 Å². The van der Waals surface area contributed by atoms with Gasteiger partial charge in [0.25, 0.3) is 10.0 Å². The van der Waals surface area contributed by atoms with Crippen LogP contribution < -0.4 is 5.73 Å². The van der Waals surface area contributed by atoms with Gasteiger partial charge in [-0.15, -0.1) is 0 Å². The van der Waals surface area contributed by atoms with E-state index < -0.39 is 10.0 Å². The number of benzene rings is 3. The third-order valence-electron chi connectivity index (χ3n) is 7.61. The number of Topliss-reactive ketones (excluding diaryl/α,β-unsaturated/α-hetero) is 1. The van der Waals surface area contributed by atoms with E-state index in [1.54, 1.807) is 54.6 Å². The number of hydrogen-bond donors (Lipinski definition) is 1. The number of anilines is 1. The molecule has 0 radical (unpaired) electrons. The van der Waals surface area contributed by atoms with Crippen LogP contribution in [0.2, 0.25) is 0 Å². The zero-order valence-electron chi connectivity index (χ0n) is 21.1. The monoisotopic (exact) mass is 515 g/mol. The van der Waals surface area contributed by atoms with E-state index in [1.165, 1.54) is 9.54 Å². The Balaban J connectivity index is 1.32. The molecule has 6 nitrogen and oxygen atoms in total. The van der Waals surface area contributed by atoms with Gasteiger partial charge in [0, 0.05) is 23.5 Å². The van der Waals surface area contributed by atoms with Gasteiger partial charge in [0.05, 0.1) is 10.4 Å². The molecular weight excluding hydrogens is 482 g/mol. The molecule has 4 aromatic rings. The minimum Gasteiger partial charge on any atom is -0.399 e. The summed E-state index contributed by atoms with van der Waals surface area (Å²) in [6, 6.07) is 25.9. The predicted molar refractivity (Wildman–Crippen MR) is 148 cm³/mol. The van der Waals surface area contributed by atoms with Crippen molar-refractivity contribution in [3.8, 4) is 0 Å². The zero-order chi connectivity index (χ0) is 26.0.